The third kappa shape index (κ3) is 4.01. The van der Waals surface area contributed by atoms with Crippen molar-refractivity contribution in [2.75, 3.05) is 37.0 Å². The molecule has 0 saturated carbocycles. The number of rotatable bonds is 7. The van der Waals surface area contributed by atoms with Gasteiger partial charge in [-0.15, -0.1) is 0 Å². The fraction of sp³-hybridized carbons (Fsp3) is 0.333. The quantitative estimate of drug-likeness (QED) is 0.749. The molecule has 1 unspecified atom stereocenters. The number of hydrogen-bond acceptors (Lipinski definition) is 4. The molecule has 1 aliphatic rings. The van der Waals surface area contributed by atoms with E-state index in [1.54, 1.807) is 19.2 Å². The van der Waals surface area contributed by atoms with Gasteiger partial charge in [0.05, 0.1) is 12.3 Å². The summed E-state index contributed by atoms with van der Waals surface area (Å²) in [4.78, 5) is 18.8. The summed E-state index contributed by atoms with van der Waals surface area (Å²) < 4.78 is 19.3. The molecule has 2 aromatic carbocycles. The molecule has 0 aromatic heterocycles. The molecule has 0 saturated heterocycles. The van der Waals surface area contributed by atoms with Crippen LogP contribution in [0.25, 0.3) is 0 Å². The Hall–Kier alpha value is -2.73. The average Bonchev–Trinajstić information content (AvgIpc) is 2.98. The van der Waals surface area contributed by atoms with Crippen molar-refractivity contribution < 1.29 is 13.9 Å². The topological polar surface area (TPSA) is 53.9 Å². The highest BCUT2D eigenvalue weighted by molar-refractivity contribution is 6.12. The van der Waals surface area contributed by atoms with E-state index >= 15 is 0 Å². The van der Waals surface area contributed by atoms with E-state index < -0.39 is 11.7 Å². The van der Waals surface area contributed by atoms with Crippen LogP contribution in [-0.2, 0) is 9.53 Å². The highest BCUT2D eigenvalue weighted by Crippen LogP contribution is 2.34. The van der Waals surface area contributed by atoms with Gasteiger partial charge in [0.25, 0.3) is 0 Å². The Bertz CT molecular complexity index is 867. The Morgan fingerprint density at radius 2 is 2.15 bits per heavy atom. The van der Waals surface area contributed by atoms with E-state index in [4.69, 9.17) is 4.74 Å². The molecule has 27 heavy (non-hydrogen) atoms. The number of nitrogens with one attached hydrogen (secondary N) is 1. The molecule has 1 N–H and O–H groups in total. The van der Waals surface area contributed by atoms with Crippen LogP contribution in [-0.4, -0.2) is 38.9 Å². The third-order valence-electron chi connectivity index (χ3n) is 4.75. The average molecular weight is 369 g/mol. The van der Waals surface area contributed by atoms with Crippen molar-refractivity contribution in [3.8, 4) is 0 Å². The van der Waals surface area contributed by atoms with Crippen LogP contribution in [0.2, 0.25) is 0 Å². The molecule has 5 nitrogen and oxygen atoms in total. The number of benzene rings is 2. The van der Waals surface area contributed by atoms with Gasteiger partial charge >= 0.3 is 0 Å². The molecule has 1 amide bonds. The second-order valence-electron chi connectivity index (χ2n) is 6.49. The molecule has 6 heteroatoms. The summed E-state index contributed by atoms with van der Waals surface area (Å²) in [5.41, 5.74) is 3.82. The predicted molar refractivity (Wildman–Crippen MR) is 107 cm³/mol. The first-order valence-corrected chi connectivity index (χ1v) is 9.03. The molecule has 0 aliphatic carbocycles. The Kier molecular flexibility index (Phi) is 5.86. The second kappa shape index (κ2) is 8.31. The summed E-state index contributed by atoms with van der Waals surface area (Å²) in [6, 6.07) is 10.5. The van der Waals surface area contributed by atoms with Gasteiger partial charge in [0.1, 0.15) is 11.7 Å². The number of nitrogens with zero attached hydrogens (tertiary/aromatic N) is 2. The van der Waals surface area contributed by atoms with Crippen molar-refractivity contribution in [1.82, 2.24) is 0 Å². The van der Waals surface area contributed by atoms with Gasteiger partial charge in [0, 0.05) is 43.4 Å². The fourth-order valence-corrected chi connectivity index (χ4v) is 3.33. The Labute approximate surface area is 158 Å². The predicted octanol–water partition coefficient (Wildman–Crippen LogP) is 4.05. The van der Waals surface area contributed by atoms with Crippen molar-refractivity contribution in [3.63, 3.8) is 0 Å². The van der Waals surface area contributed by atoms with E-state index in [-0.39, 0.29) is 5.91 Å². The minimum Gasteiger partial charge on any atom is -0.383 e. The van der Waals surface area contributed by atoms with Crippen LogP contribution in [0, 0.1) is 12.7 Å². The maximum atomic E-state index is 14.1. The van der Waals surface area contributed by atoms with Crippen LogP contribution >= 0.6 is 0 Å². The van der Waals surface area contributed by atoms with Crippen LogP contribution < -0.4 is 10.2 Å². The number of halogens is 1. The third-order valence-corrected chi connectivity index (χ3v) is 4.75. The van der Waals surface area contributed by atoms with Crippen molar-refractivity contribution in [3.05, 3.63) is 53.3 Å². The molecule has 0 spiro atoms. The Morgan fingerprint density at radius 1 is 1.33 bits per heavy atom. The van der Waals surface area contributed by atoms with Crippen molar-refractivity contribution in [2.45, 2.75) is 19.8 Å². The second-order valence-corrected chi connectivity index (χ2v) is 6.49. The number of aryl methyl sites for hydroxylation is 1. The molecular weight excluding hydrogens is 345 g/mol. The molecule has 1 heterocycles. The number of ether oxygens (including phenoxy) is 1. The van der Waals surface area contributed by atoms with E-state index in [1.807, 2.05) is 25.1 Å². The smallest absolute Gasteiger partial charge is 0.237 e. The number of hydrogen-bond donors (Lipinski definition) is 1. The molecule has 0 fully saturated rings. The van der Waals surface area contributed by atoms with Gasteiger partial charge < -0.3 is 15.0 Å². The first-order chi connectivity index (χ1) is 13.0. The van der Waals surface area contributed by atoms with Gasteiger partial charge in [0.15, 0.2) is 0 Å². The number of aliphatic imine (C=N–C) groups is 1. The summed E-state index contributed by atoms with van der Waals surface area (Å²) in [5, 5.41) is 2.70. The van der Waals surface area contributed by atoms with Crippen LogP contribution in [0.4, 0.5) is 21.5 Å². The zero-order valence-electron chi connectivity index (χ0n) is 15.8. The first kappa shape index (κ1) is 19.0. The lowest BCUT2D eigenvalue weighted by atomic mass is 10.0. The van der Waals surface area contributed by atoms with Crippen molar-refractivity contribution >= 4 is 29.2 Å². The van der Waals surface area contributed by atoms with Crippen molar-refractivity contribution in [2.24, 2.45) is 4.99 Å². The van der Waals surface area contributed by atoms with Gasteiger partial charge in [0.2, 0.25) is 5.91 Å². The van der Waals surface area contributed by atoms with Gasteiger partial charge in [-0.05, 0) is 49.7 Å². The number of carbonyl (C=O) groups is 1. The Morgan fingerprint density at radius 3 is 2.85 bits per heavy atom. The standard InChI is InChI=1S/C21H24FN3O2/c1-4-25(10-11-27-3)19-9-8-15(12-14(19)2)23-13-16-20-17(22)6-5-7-18(20)24-21(16)26/h5-9,12-13,16H,4,10-11H2,1-3H3,(H,24,26). The zero-order chi connectivity index (χ0) is 19.4. The van der Waals surface area contributed by atoms with Gasteiger partial charge in [-0.3, -0.25) is 9.79 Å². The number of likely N-dealkylation sites (N-methyl/N-ethyl adjacent to an activating group) is 1. The van der Waals surface area contributed by atoms with Gasteiger partial charge in [-0.2, -0.15) is 0 Å². The molecule has 1 aliphatic heterocycles. The fourth-order valence-electron chi connectivity index (χ4n) is 3.33. The highest BCUT2D eigenvalue weighted by atomic mass is 19.1. The minimum absolute atomic E-state index is 0.260. The maximum absolute atomic E-state index is 14.1. The van der Waals surface area contributed by atoms with Crippen LogP contribution in [0.15, 0.2) is 41.4 Å². The van der Waals surface area contributed by atoms with Crippen LogP contribution in [0.1, 0.15) is 24.0 Å². The van der Waals surface area contributed by atoms with Crippen LogP contribution in [0.5, 0.6) is 0 Å². The number of fused-ring (bicyclic) bond motifs is 1. The molecule has 1 atom stereocenters. The van der Waals surface area contributed by atoms with Gasteiger partial charge in [-0.25, -0.2) is 4.39 Å². The number of carbonyl (C=O) groups excluding carboxylic acids is 1. The number of methoxy groups -OCH3 is 1. The van der Waals surface area contributed by atoms with E-state index in [9.17, 15) is 9.18 Å². The Balaban J connectivity index is 1.81. The molecule has 0 bridgehead atoms. The number of anilines is 2. The van der Waals surface area contributed by atoms with E-state index in [1.165, 1.54) is 12.3 Å². The summed E-state index contributed by atoms with van der Waals surface area (Å²) >= 11 is 0. The highest BCUT2D eigenvalue weighted by Gasteiger charge is 2.31. The number of amides is 1. The molecule has 2 aromatic rings. The lowest BCUT2D eigenvalue weighted by Gasteiger charge is -2.24. The lowest BCUT2D eigenvalue weighted by Crippen LogP contribution is -2.27. The molecule has 0 radical (unpaired) electrons. The van der Waals surface area contributed by atoms with E-state index in [0.29, 0.717) is 17.9 Å². The largest absolute Gasteiger partial charge is 0.383 e. The maximum Gasteiger partial charge on any atom is 0.237 e. The zero-order valence-corrected chi connectivity index (χ0v) is 15.8. The van der Waals surface area contributed by atoms with Crippen LogP contribution in [0.3, 0.4) is 0 Å². The molecular formula is C21H24FN3O2. The normalized spacial score (nSPS) is 15.9. The first-order valence-electron chi connectivity index (χ1n) is 9.03. The molecule has 142 valence electrons. The lowest BCUT2D eigenvalue weighted by molar-refractivity contribution is -0.115. The minimum atomic E-state index is -0.713. The van der Waals surface area contributed by atoms with E-state index in [0.717, 1.165) is 30.0 Å². The summed E-state index contributed by atoms with van der Waals surface area (Å²) in [5.74, 6) is -1.37. The van der Waals surface area contributed by atoms with Crippen molar-refractivity contribution in [1.29, 1.82) is 0 Å². The van der Waals surface area contributed by atoms with E-state index in [2.05, 4.69) is 22.1 Å². The summed E-state index contributed by atoms with van der Waals surface area (Å²) in [6.07, 6.45) is 1.52. The molecule has 3 rings (SSSR count). The SMILES string of the molecule is CCN(CCOC)c1ccc(N=CC2C(=O)Nc3cccc(F)c32)cc1C. The van der Waals surface area contributed by atoms with Gasteiger partial charge in [-0.1, -0.05) is 6.07 Å². The summed E-state index contributed by atoms with van der Waals surface area (Å²) in [6.45, 7) is 6.49. The monoisotopic (exact) mass is 369 g/mol. The summed E-state index contributed by atoms with van der Waals surface area (Å²) in [7, 11) is 1.69.